The number of rotatable bonds is 5. The molecule has 1 rings (SSSR count). The number of anilines is 1. The molecule has 0 bridgehead atoms. The number of nitrogens with zero attached hydrogens (tertiary/aromatic N) is 1. The second-order valence-electron chi connectivity index (χ2n) is 4.21. The molecule has 17 heavy (non-hydrogen) atoms. The van der Waals surface area contributed by atoms with Crippen molar-refractivity contribution in [1.29, 1.82) is 0 Å². The summed E-state index contributed by atoms with van der Waals surface area (Å²) in [7, 11) is 1.64. The van der Waals surface area contributed by atoms with E-state index in [0.717, 1.165) is 11.3 Å². The Labute approximate surface area is 101 Å². The molecule has 1 aromatic rings. The van der Waals surface area contributed by atoms with Crippen molar-refractivity contribution in [3.63, 3.8) is 0 Å². The number of ether oxygens (including phenoxy) is 1. The van der Waals surface area contributed by atoms with Crippen molar-refractivity contribution < 1.29 is 9.66 Å². The molecule has 5 heteroatoms. The molecule has 0 saturated carbocycles. The molecule has 0 radical (unpaired) electrons. The summed E-state index contributed by atoms with van der Waals surface area (Å²) in [5.41, 5.74) is 2.60. The van der Waals surface area contributed by atoms with Crippen LogP contribution in [0.25, 0.3) is 0 Å². The summed E-state index contributed by atoms with van der Waals surface area (Å²) in [6.45, 7) is 6.19. The molecule has 94 valence electrons. The van der Waals surface area contributed by atoms with Crippen molar-refractivity contribution in [3.8, 4) is 0 Å². The summed E-state index contributed by atoms with van der Waals surface area (Å²) in [5, 5.41) is 14.0. The highest BCUT2D eigenvalue weighted by atomic mass is 16.6. The highest BCUT2D eigenvalue weighted by molar-refractivity contribution is 5.59. The van der Waals surface area contributed by atoms with Gasteiger partial charge in [-0.1, -0.05) is 0 Å². The van der Waals surface area contributed by atoms with Crippen LogP contribution in [-0.4, -0.2) is 24.7 Å². The minimum atomic E-state index is -0.356. The van der Waals surface area contributed by atoms with E-state index in [0.29, 0.717) is 12.2 Å². The summed E-state index contributed by atoms with van der Waals surface area (Å²) < 4.78 is 5.04. The van der Waals surface area contributed by atoms with Crippen molar-refractivity contribution in [3.05, 3.63) is 33.4 Å². The van der Waals surface area contributed by atoms with Gasteiger partial charge in [-0.25, -0.2) is 0 Å². The lowest BCUT2D eigenvalue weighted by molar-refractivity contribution is -0.385. The summed E-state index contributed by atoms with van der Waals surface area (Å²) in [5.74, 6) is 0. The van der Waals surface area contributed by atoms with Crippen LogP contribution < -0.4 is 5.32 Å². The minimum Gasteiger partial charge on any atom is -0.383 e. The fraction of sp³-hybridized carbons (Fsp3) is 0.500. The van der Waals surface area contributed by atoms with Crippen LogP contribution in [0.1, 0.15) is 18.1 Å². The van der Waals surface area contributed by atoms with E-state index >= 15 is 0 Å². The summed E-state index contributed by atoms with van der Waals surface area (Å²) >= 11 is 0. The lowest BCUT2D eigenvalue weighted by Gasteiger charge is -2.16. The Balaban J connectivity index is 2.95. The number of nitro groups is 1. The molecule has 1 unspecified atom stereocenters. The van der Waals surface area contributed by atoms with Crippen molar-refractivity contribution in [2.24, 2.45) is 0 Å². The first-order valence-corrected chi connectivity index (χ1v) is 5.46. The molecule has 0 saturated heterocycles. The van der Waals surface area contributed by atoms with Crippen LogP contribution in [0.4, 0.5) is 11.4 Å². The average Bonchev–Trinajstić information content (AvgIpc) is 2.22. The quantitative estimate of drug-likeness (QED) is 0.632. The maximum atomic E-state index is 10.8. The molecular formula is C12H18N2O3. The van der Waals surface area contributed by atoms with Gasteiger partial charge in [0.1, 0.15) is 0 Å². The molecule has 0 spiro atoms. The monoisotopic (exact) mass is 238 g/mol. The normalized spacial score (nSPS) is 12.2. The van der Waals surface area contributed by atoms with Gasteiger partial charge in [-0.2, -0.15) is 0 Å². The summed E-state index contributed by atoms with van der Waals surface area (Å²) in [4.78, 5) is 10.4. The van der Waals surface area contributed by atoms with Gasteiger partial charge in [-0.15, -0.1) is 0 Å². The van der Waals surface area contributed by atoms with Crippen LogP contribution in [-0.2, 0) is 4.74 Å². The van der Waals surface area contributed by atoms with E-state index in [4.69, 9.17) is 4.74 Å². The van der Waals surface area contributed by atoms with E-state index in [1.165, 1.54) is 0 Å². The molecule has 0 aromatic heterocycles. The molecule has 0 aliphatic carbocycles. The van der Waals surface area contributed by atoms with Crippen LogP contribution in [0.5, 0.6) is 0 Å². The number of nitrogens with one attached hydrogen (secondary N) is 1. The van der Waals surface area contributed by atoms with Gasteiger partial charge in [0, 0.05) is 30.5 Å². The lowest BCUT2D eigenvalue weighted by Crippen LogP contribution is -2.21. The first kappa shape index (κ1) is 13.4. The zero-order valence-electron chi connectivity index (χ0n) is 10.6. The molecule has 0 heterocycles. The Morgan fingerprint density at radius 2 is 2.06 bits per heavy atom. The highest BCUT2D eigenvalue weighted by Gasteiger charge is 2.14. The number of hydrogen-bond acceptors (Lipinski definition) is 4. The molecule has 1 aromatic carbocycles. The van der Waals surface area contributed by atoms with Crippen molar-refractivity contribution in [1.82, 2.24) is 0 Å². The summed E-state index contributed by atoms with van der Waals surface area (Å²) in [6.07, 6.45) is 0. The minimum absolute atomic E-state index is 0.160. The third kappa shape index (κ3) is 3.42. The van der Waals surface area contributed by atoms with Gasteiger partial charge in [0.05, 0.1) is 11.5 Å². The number of hydrogen-bond donors (Lipinski definition) is 1. The SMILES string of the molecule is COCC(C)Nc1cc(C)c([N+](=O)[O-])cc1C. The average molecular weight is 238 g/mol. The third-order valence-corrected chi connectivity index (χ3v) is 2.56. The molecular weight excluding hydrogens is 220 g/mol. The van der Waals surface area contributed by atoms with Gasteiger partial charge in [0.15, 0.2) is 0 Å². The molecule has 5 nitrogen and oxygen atoms in total. The molecule has 0 aliphatic heterocycles. The van der Waals surface area contributed by atoms with Crippen LogP contribution in [0.2, 0.25) is 0 Å². The topological polar surface area (TPSA) is 64.4 Å². The molecule has 0 amide bonds. The maximum Gasteiger partial charge on any atom is 0.272 e. The molecule has 0 aliphatic rings. The Morgan fingerprint density at radius 1 is 1.41 bits per heavy atom. The van der Waals surface area contributed by atoms with Crippen LogP contribution in [0.3, 0.4) is 0 Å². The van der Waals surface area contributed by atoms with E-state index in [1.54, 1.807) is 26.2 Å². The first-order chi connectivity index (χ1) is 7.95. The van der Waals surface area contributed by atoms with Crippen LogP contribution in [0.15, 0.2) is 12.1 Å². The zero-order valence-corrected chi connectivity index (χ0v) is 10.6. The number of benzene rings is 1. The van der Waals surface area contributed by atoms with E-state index in [2.05, 4.69) is 5.32 Å². The molecule has 1 atom stereocenters. The molecule has 1 N–H and O–H groups in total. The standard InChI is InChI=1S/C12H18N2O3/c1-8-6-12(14(15)16)9(2)5-11(8)13-10(3)7-17-4/h5-6,10,13H,7H2,1-4H3. The second-order valence-corrected chi connectivity index (χ2v) is 4.21. The van der Waals surface area contributed by atoms with E-state index in [9.17, 15) is 10.1 Å². The zero-order chi connectivity index (χ0) is 13.0. The highest BCUT2D eigenvalue weighted by Crippen LogP contribution is 2.26. The number of nitro benzene ring substituents is 1. The van der Waals surface area contributed by atoms with Crippen molar-refractivity contribution >= 4 is 11.4 Å². The van der Waals surface area contributed by atoms with Gasteiger partial charge in [0.2, 0.25) is 0 Å². The Bertz CT molecular complexity index is 418. The fourth-order valence-electron chi connectivity index (χ4n) is 1.71. The lowest BCUT2D eigenvalue weighted by atomic mass is 10.1. The van der Waals surface area contributed by atoms with E-state index < -0.39 is 0 Å². The predicted molar refractivity (Wildman–Crippen MR) is 67.5 cm³/mol. The predicted octanol–water partition coefficient (Wildman–Crippen LogP) is 2.66. The van der Waals surface area contributed by atoms with Crippen LogP contribution in [0, 0.1) is 24.0 Å². The van der Waals surface area contributed by atoms with Gasteiger partial charge >= 0.3 is 0 Å². The number of methoxy groups -OCH3 is 1. The van der Waals surface area contributed by atoms with E-state index in [-0.39, 0.29) is 16.7 Å². The third-order valence-electron chi connectivity index (χ3n) is 2.56. The Morgan fingerprint density at radius 3 is 2.59 bits per heavy atom. The number of aryl methyl sites for hydroxylation is 2. The van der Waals surface area contributed by atoms with Crippen LogP contribution >= 0.6 is 0 Å². The summed E-state index contributed by atoms with van der Waals surface area (Å²) in [6, 6.07) is 3.57. The molecule has 0 fully saturated rings. The fourth-order valence-corrected chi connectivity index (χ4v) is 1.71. The smallest absolute Gasteiger partial charge is 0.272 e. The largest absolute Gasteiger partial charge is 0.383 e. The van der Waals surface area contributed by atoms with Gasteiger partial charge in [0.25, 0.3) is 5.69 Å². The van der Waals surface area contributed by atoms with Crippen molar-refractivity contribution in [2.75, 3.05) is 19.0 Å². The van der Waals surface area contributed by atoms with Crippen molar-refractivity contribution in [2.45, 2.75) is 26.8 Å². The Hall–Kier alpha value is -1.62. The maximum absolute atomic E-state index is 10.8. The first-order valence-electron chi connectivity index (χ1n) is 5.46. The second kappa shape index (κ2) is 5.63. The van der Waals surface area contributed by atoms with Gasteiger partial charge < -0.3 is 10.1 Å². The van der Waals surface area contributed by atoms with E-state index in [1.807, 2.05) is 13.8 Å². The van der Waals surface area contributed by atoms with Gasteiger partial charge in [-0.05, 0) is 32.4 Å². The Kier molecular flexibility index (Phi) is 4.45. The van der Waals surface area contributed by atoms with Gasteiger partial charge in [-0.3, -0.25) is 10.1 Å².